The van der Waals surface area contributed by atoms with Gasteiger partial charge in [-0.3, -0.25) is 4.79 Å². The van der Waals surface area contributed by atoms with Gasteiger partial charge in [0.1, 0.15) is 5.75 Å². The van der Waals surface area contributed by atoms with E-state index in [1.807, 2.05) is 0 Å². The SMILES string of the molecule is COc1ccc(C(=O)COC(=O)/C=C/c2ccc3c(c2)OCO3)cc1Cl. The molecule has 0 unspecified atom stereocenters. The van der Waals surface area contributed by atoms with Gasteiger partial charge < -0.3 is 18.9 Å². The van der Waals surface area contributed by atoms with Crippen molar-refractivity contribution in [1.82, 2.24) is 0 Å². The first-order valence-electron chi connectivity index (χ1n) is 7.68. The summed E-state index contributed by atoms with van der Waals surface area (Å²) in [6, 6.07) is 9.89. The Hall–Kier alpha value is -2.99. The largest absolute Gasteiger partial charge is 0.495 e. The lowest BCUT2D eigenvalue weighted by molar-refractivity contribution is -0.136. The molecule has 0 atom stereocenters. The number of rotatable bonds is 6. The van der Waals surface area contributed by atoms with Gasteiger partial charge in [-0.05, 0) is 42.0 Å². The first-order valence-corrected chi connectivity index (χ1v) is 8.06. The number of Topliss-reactive ketones (excluding diaryl/α,β-unsaturated/α-hetero) is 1. The van der Waals surface area contributed by atoms with Crippen molar-refractivity contribution in [1.29, 1.82) is 0 Å². The van der Waals surface area contributed by atoms with Crippen LogP contribution in [0.15, 0.2) is 42.5 Å². The van der Waals surface area contributed by atoms with Crippen molar-refractivity contribution in [2.75, 3.05) is 20.5 Å². The minimum Gasteiger partial charge on any atom is -0.495 e. The van der Waals surface area contributed by atoms with Crippen LogP contribution in [-0.2, 0) is 9.53 Å². The zero-order chi connectivity index (χ0) is 18.5. The first kappa shape index (κ1) is 17.8. The van der Waals surface area contributed by atoms with E-state index < -0.39 is 5.97 Å². The normalized spacial score (nSPS) is 12.2. The number of halogens is 1. The van der Waals surface area contributed by atoms with Gasteiger partial charge >= 0.3 is 5.97 Å². The summed E-state index contributed by atoms with van der Waals surface area (Å²) in [5.74, 6) is 0.752. The van der Waals surface area contributed by atoms with E-state index in [4.69, 9.17) is 30.5 Å². The molecule has 2 aromatic carbocycles. The van der Waals surface area contributed by atoms with Crippen molar-refractivity contribution in [3.05, 3.63) is 58.6 Å². The predicted molar refractivity (Wildman–Crippen MR) is 94.9 cm³/mol. The maximum absolute atomic E-state index is 12.1. The molecule has 0 fully saturated rings. The van der Waals surface area contributed by atoms with Crippen molar-refractivity contribution in [3.8, 4) is 17.2 Å². The first-order chi connectivity index (χ1) is 12.6. The van der Waals surface area contributed by atoms with Gasteiger partial charge in [-0.15, -0.1) is 0 Å². The number of benzene rings is 2. The molecule has 3 rings (SSSR count). The second-order valence-corrected chi connectivity index (χ2v) is 5.73. The Kier molecular flexibility index (Phi) is 5.43. The highest BCUT2D eigenvalue weighted by Gasteiger charge is 2.13. The highest BCUT2D eigenvalue weighted by molar-refractivity contribution is 6.32. The summed E-state index contributed by atoms with van der Waals surface area (Å²) in [5.41, 5.74) is 1.09. The number of fused-ring (bicyclic) bond motifs is 1. The zero-order valence-electron chi connectivity index (χ0n) is 13.9. The Morgan fingerprint density at radius 2 is 1.96 bits per heavy atom. The molecule has 0 saturated heterocycles. The summed E-state index contributed by atoms with van der Waals surface area (Å²) in [6.45, 7) is -0.199. The van der Waals surface area contributed by atoms with Gasteiger partial charge in [0.15, 0.2) is 23.9 Å². The highest BCUT2D eigenvalue weighted by Crippen LogP contribution is 2.32. The fourth-order valence-electron chi connectivity index (χ4n) is 2.29. The lowest BCUT2D eigenvalue weighted by Gasteiger charge is -2.05. The summed E-state index contributed by atoms with van der Waals surface area (Å²) in [6.07, 6.45) is 2.81. The van der Waals surface area contributed by atoms with Crippen LogP contribution in [0.1, 0.15) is 15.9 Å². The van der Waals surface area contributed by atoms with Gasteiger partial charge in [0, 0.05) is 11.6 Å². The van der Waals surface area contributed by atoms with E-state index in [1.54, 1.807) is 36.4 Å². The monoisotopic (exact) mass is 374 g/mol. The van der Waals surface area contributed by atoms with Crippen molar-refractivity contribution >= 4 is 29.4 Å². The van der Waals surface area contributed by atoms with Crippen LogP contribution < -0.4 is 14.2 Å². The standard InChI is InChI=1S/C19H15ClO6/c1-23-16-6-4-13(9-14(16)20)15(21)10-24-19(22)7-3-12-2-5-17-18(8-12)26-11-25-17/h2-9H,10-11H2,1H3/b7-3+. The van der Waals surface area contributed by atoms with Crippen LogP contribution in [0.3, 0.4) is 0 Å². The third-order valence-electron chi connectivity index (χ3n) is 3.63. The number of hydrogen-bond donors (Lipinski definition) is 0. The van der Waals surface area contributed by atoms with Crippen molar-refractivity contribution in [2.24, 2.45) is 0 Å². The number of carbonyl (C=O) groups excluding carboxylic acids is 2. The summed E-state index contributed by atoms with van der Waals surface area (Å²) in [4.78, 5) is 23.9. The number of carbonyl (C=O) groups is 2. The molecular weight excluding hydrogens is 360 g/mol. The Morgan fingerprint density at radius 3 is 2.73 bits per heavy atom. The second-order valence-electron chi connectivity index (χ2n) is 5.33. The maximum atomic E-state index is 12.1. The minimum atomic E-state index is -0.629. The fourth-order valence-corrected chi connectivity index (χ4v) is 2.55. The van der Waals surface area contributed by atoms with Crippen LogP contribution in [0.4, 0.5) is 0 Å². The highest BCUT2D eigenvalue weighted by atomic mass is 35.5. The van der Waals surface area contributed by atoms with Gasteiger partial charge in [-0.2, -0.15) is 0 Å². The quantitative estimate of drug-likeness (QED) is 0.437. The average molecular weight is 375 g/mol. The number of esters is 1. The Morgan fingerprint density at radius 1 is 1.15 bits per heavy atom. The summed E-state index contributed by atoms with van der Waals surface area (Å²) < 4.78 is 20.5. The van der Waals surface area contributed by atoms with Gasteiger partial charge in [-0.1, -0.05) is 17.7 Å². The molecule has 0 radical (unpaired) electrons. The van der Waals surface area contributed by atoms with Crippen LogP contribution in [0.5, 0.6) is 17.2 Å². The molecule has 0 aromatic heterocycles. The van der Waals surface area contributed by atoms with Crippen LogP contribution in [-0.4, -0.2) is 32.3 Å². The van der Waals surface area contributed by atoms with E-state index in [0.717, 1.165) is 5.56 Å². The second kappa shape index (κ2) is 7.93. The van der Waals surface area contributed by atoms with E-state index in [9.17, 15) is 9.59 Å². The van der Waals surface area contributed by atoms with Gasteiger partial charge in [0.2, 0.25) is 6.79 Å². The molecule has 2 aromatic rings. The van der Waals surface area contributed by atoms with E-state index in [1.165, 1.54) is 19.3 Å². The predicted octanol–water partition coefficient (Wildman–Crippen LogP) is 3.52. The van der Waals surface area contributed by atoms with Gasteiger partial charge in [0.25, 0.3) is 0 Å². The van der Waals surface area contributed by atoms with Gasteiger partial charge in [0.05, 0.1) is 12.1 Å². The summed E-state index contributed by atoms with van der Waals surface area (Å²) >= 11 is 5.98. The molecule has 0 N–H and O–H groups in total. The van der Waals surface area contributed by atoms with Crippen LogP contribution in [0, 0.1) is 0 Å². The minimum absolute atomic E-state index is 0.183. The molecule has 6 nitrogen and oxygen atoms in total. The molecule has 0 bridgehead atoms. The Bertz CT molecular complexity index is 874. The summed E-state index contributed by atoms with van der Waals surface area (Å²) in [7, 11) is 1.48. The molecule has 1 aliphatic rings. The van der Waals surface area contributed by atoms with Gasteiger partial charge in [-0.25, -0.2) is 4.79 Å². The number of hydrogen-bond acceptors (Lipinski definition) is 6. The Balaban J connectivity index is 1.55. The number of methoxy groups -OCH3 is 1. The number of ketones is 1. The van der Waals surface area contributed by atoms with Crippen LogP contribution in [0.2, 0.25) is 5.02 Å². The lowest BCUT2D eigenvalue weighted by Crippen LogP contribution is -2.12. The fraction of sp³-hybridized carbons (Fsp3) is 0.158. The third-order valence-corrected chi connectivity index (χ3v) is 3.92. The van der Waals surface area contributed by atoms with Crippen LogP contribution >= 0.6 is 11.6 Å². The Labute approximate surface area is 154 Å². The molecule has 0 amide bonds. The lowest BCUT2D eigenvalue weighted by atomic mass is 10.1. The van der Waals surface area contributed by atoms with Crippen molar-refractivity contribution < 1.29 is 28.5 Å². The molecule has 0 aliphatic carbocycles. The molecule has 26 heavy (non-hydrogen) atoms. The maximum Gasteiger partial charge on any atom is 0.331 e. The number of ether oxygens (including phenoxy) is 4. The molecule has 1 heterocycles. The molecule has 0 saturated carbocycles. The zero-order valence-corrected chi connectivity index (χ0v) is 14.6. The third kappa shape index (κ3) is 4.15. The molecule has 0 spiro atoms. The van der Waals surface area contributed by atoms with E-state index in [0.29, 0.717) is 27.8 Å². The van der Waals surface area contributed by atoms with E-state index >= 15 is 0 Å². The van der Waals surface area contributed by atoms with Crippen molar-refractivity contribution in [3.63, 3.8) is 0 Å². The van der Waals surface area contributed by atoms with Crippen molar-refractivity contribution in [2.45, 2.75) is 0 Å². The van der Waals surface area contributed by atoms with E-state index in [-0.39, 0.29) is 19.2 Å². The summed E-state index contributed by atoms with van der Waals surface area (Å²) in [5, 5.41) is 0.312. The topological polar surface area (TPSA) is 71.1 Å². The smallest absolute Gasteiger partial charge is 0.331 e. The average Bonchev–Trinajstić information content (AvgIpc) is 3.12. The molecule has 134 valence electrons. The van der Waals surface area contributed by atoms with Crippen LogP contribution in [0.25, 0.3) is 6.08 Å². The molecule has 1 aliphatic heterocycles. The molecule has 7 heteroatoms. The molecular formula is C19H15ClO6. The van der Waals surface area contributed by atoms with E-state index in [2.05, 4.69) is 0 Å².